The van der Waals surface area contributed by atoms with Crippen LogP contribution in [0.4, 0.5) is 0 Å². The number of aromatic nitrogens is 7. The van der Waals surface area contributed by atoms with Crippen molar-refractivity contribution in [1.29, 1.82) is 0 Å². The maximum Gasteiger partial charge on any atom is 0.238 e. The number of tetrazole rings is 1. The molecule has 0 radical (unpaired) electrons. The van der Waals surface area contributed by atoms with E-state index in [-0.39, 0.29) is 16.3 Å². The fraction of sp³-hybridized carbons (Fsp3) is 0. The highest BCUT2D eigenvalue weighted by Gasteiger charge is 2.24. The van der Waals surface area contributed by atoms with Crippen LogP contribution in [0.2, 0.25) is 0 Å². The lowest BCUT2D eigenvalue weighted by atomic mass is 10.0. The molecule has 0 amide bonds. The van der Waals surface area contributed by atoms with Crippen LogP contribution in [-0.2, 0) is 10.0 Å². The van der Waals surface area contributed by atoms with Crippen molar-refractivity contribution in [3.63, 3.8) is 0 Å². The maximum absolute atomic E-state index is 12.0. The first-order valence-corrected chi connectivity index (χ1v) is 8.28. The summed E-state index contributed by atoms with van der Waals surface area (Å²) < 4.78 is 24.0. The van der Waals surface area contributed by atoms with Crippen molar-refractivity contribution < 1.29 is 8.42 Å². The number of hydrogen-bond acceptors (Lipinski definition) is 7. The Balaban J connectivity index is 2.10. The fourth-order valence-electron chi connectivity index (χ4n) is 2.55. The maximum atomic E-state index is 12.0. The molecule has 0 unspecified atom stereocenters. The normalized spacial score (nSPS) is 11.9. The van der Waals surface area contributed by atoms with E-state index < -0.39 is 10.0 Å². The topological polar surface area (TPSA) is 156 Å². The molecule has 0 aliphatic rings. The standard InChI is InChI=1S/C13H10N8O2S/c14-24(22,23)9-3-1-2-7(10(9)12-18-20-21-19-12)8-6-17-13-11(8)15-4-5-16-13/h1-6H,(H,16,17)(H2,14,22,23)(H,18,19,20,21). The molecule has 3 aromatic heterocycles. The number of nitrogens with two attached hydrogens (primary N) is 1. The number of benzene rings is 1. The van der Waals surface area contributed by atoms with Crippen molar-refractivity contribution in [3.05, 3.63) is 36.8 Å². The van der Waals surface area contributed by atoms with Gasteiger partial charge in [0, 0.05) is 24.2 Å². The second kappa shape index (κ2) is 5.18. The SMILES string of the molecule is NS(=O)(=O)c1cccc(-c2c[nH]c3nccnc23)c1-c1nn[nH]n1. The van der Waals surface area contributed by atoms with Crippen molar-refractivity contribution in [2.24, 2.45) is 5.14 Å². The van der Waals surface area contributed by atoms with E-state index in [2.05, 4.69) is 35.6 Å². The van der Waals surface area contributed by atoms with Crippen molar-refractivity contribution in [3.8, 4) is 22.5 Å². The van der Waals surface area contributed by atoms with Crippen LogP contribution < -0.4 is 5.14 Å². The smallest absolute Gasteiger partial charge is 0.238 e. The summed E-state index contributed by atoms with van der Waals surface area (Å²) in [7, 11) is -3.99. The first-order chi connectivity index (χ1) is 11.6. The number of H-pyrrole nitrogens is 2. The minimum absolute atomic E-state index is 0.0976. The van der Waals surface area contributed by atoms with E-state index >= 15 is 0 Å². The summed E-state index contributed by atoms with van der Waals surface area (Å²) in [4.78, 5) is 11.4. The van der Waals surface area contributed by atoms with Crippen LogP contribution in [0, 0.1) is 0 Å². The van der Waals surface area contributed by atoms with Crippen LogP contribution in [-0.4, -0.2) is 44.0 Å². The Labute approximate surface area is 135 Å². The van der Waals surface area contributed by atoms with Gasteiger partial charge in [0.05, 0.1) is 10.5 Å². The average molecular weight is 342 g/mol. The molecule has 0 spiro atoms. The lowest BCUT2D eigenvalue weighted by Crippen LogP contribution is -2.14. The zero-order valence-electron chi connectivity index (χ0n) is 12.0. The molecule has 0 aliphatic carbocycles. The second-order valence-electron chi connectivity index (χ2n) is 4.92. The van der Waals surface area contributed by atoms with E-state index in [1.807, 2.05) is 0 Å². The van der Waals surface area contributed by atoms with Crippen LogP contribution >= 0.6 is 0 Å². The van der Waals surface area contributed by atoms with Crippen molar-refractivity contribution in [1.82, 2.24) is 35.6 Å². The Kier molecular flexibility index (Phi) is 3.11. The summed E-state index contributed by atoms with van der Waals surface area (Å²) in [6, 6.07) is 4.72. The molecule has 4 rings (SSSR count). The molecule has 0 saturated heterocycles. The molecule has 120 valence electrons. The molecule has 10 nitrogen and oxygen atoms in total. The molecule has 0 atom stereocenters. The Morgan fingerprint density at radius 1 is 1.08 bits per heavy atom. The molecule has 24 heavy (non-hydrogen) atoms. The van der Waals surface area contributed by atoms with Crippen LogP contribution in [0.15, 0.2) is 41.7 Å². The second-order valence-corrected chi connectivity index (χ2v) is 6.44. The minimum Gasteiger partial charge on any atom is -0.344 e. The number of fused-ring (bicyclic) bond motifs is 1. The summed E-state index contributed by atoms with van der Waals surface area (Å²) in [5.41, 5.74) is 2.62. The number of aromatic amines is 2. The highest BCUT2D eigenvalue weighted by Crippen LogP contribution is 2.37. The Morgan fingerprint density at radius 3 is 2.67 bits per heavy atom. The molecule has 4 N–H and O–H groups in total. The van der Waals surface area contributed by atoms with Crippen LogP contribution in [0.3, 0.4) is 0 Å². The molecule has 11 heteroatoms. The van der Waals surface area contributed by atoms with Crippen molar-refractivity contribution in [2.75, 3.05) is 0 Å². The third-order valence-electron chi connectivity index (χ3n) is 3.50. The number of rotatable bonds is 3. The molecule has 0 bridgehead atoms. The van der Waals surface area contributed by atoms with E-state index in [1.54, 1.807) is 30.7 Å². The van der Waals surface area contributed by atoms with Crippen LogP contribution in [0.25, 0.3) is 33.7 Å². The van der Waals surface area contributed by atoms with Gasteiger partial charge in [0.25, 0.3) is 0 Å². The zero-order chi connectivity index (χ0) is 16.7. The van der Waals surface area contributed by atoms with E-state index in [0.717, 1.165) is 0 Å². The number of hydrogen-bond donors (Lipinski definition) is 3. The number of nitrogens with one attached hydrogen (secondary N) is 2. The Morgan fingerprint density at radius 2 is 1.92 bits per heavy atom. The van der Waals surface area contributed by atoms with Gasteiger partial charge in [0.1, 0.15) is 5.52 Å². The van der Waals surface area contributed by atoms with E-state index in [0.29, 0.717) is 22.3 Å². The van der Waals surface area contributed by atoms with Gasteiger partial charge >= 0.3 is 0 Å². The van der Waals surface area contributed by atoms with Crippen molar-refractivity contribution >= 4 is 21.2 Å². The molecular formula is C13H10N8O2S. The van der Waals surface area contributed by atoms with Crippen molar-refractivity contribution in [2.45, 2.75) is 4.90 Å². The molecule has 0 aliphatic heterocycles. The van der Waals surface area contributed by atoms with E-state index in [1.165, 1.54) is 6.07 Å². The van der Waals surface area contributed by atoms with E-state index in [9.17, 15) is 8.42 Å². The van der Waals surface area contributed by atoms with Crippen LogP contribution in [0.5, 0.6) is 0 Å². The molecule has 0 saturated carbocycles. The third kappa shape index (κ3) is 2.23. The summed E-state index contributed by atoms with van der Waals surface area (Å²) in [6.45, 7) is 0. The van der Waals surface area contributed by atoms with Gasteiger partial charge in [0.15, 0.2) is 5.65 Å². The zero-order valence-corrected chi connectivity index (χ0v) is 12.8. The number of primary sulfonamides is 1. The molecular weight excluding hydrogens is 332 g/mol. The summed E-state index contributed by atoms with van der Waals surface area (Å²) >= 11 is 0. The largest absolute Gasteiger partial charge is 0.344 e. The first kappa shape index (κ1) is 14.4. The monoisotopic (exact) mass is 342 g/mol. The highest BCUT2D eigenvalue weighted by atomic mass is 32.2. The van der Waals surface area contributed by atoms with Gasteiger partial charge in [-0.3, -0.25) is 4.98 Å². The molecule has 1 aromatic carbocycles. The van der Waals surface area contributed by atoms with Gasteiger partial charge in [0.2, 0.25) is 15.8 Å². The predicted octanol–water partition coefficient (Wildman–Crippen LogP) is 0.452. The predicted molar refractivity (Wildman–Crippen MR) is 83.9 cm³/mol. The number of nitrogens with zero attached hydrogens (tertiary/aromatic N) is 5. The average Bonchev–Trinajstić information content (AvgIpc) is 3.23. The van der Waals surface area contributed by atoms with Crippen LogP contribution in [0.1, 0.15) is 0 Å². The Hall–Kier alpha value is -3.18. The third-order valence-corrected chi connectivity index (χ3v) is 4.45. The fourth-order valence-corrected chi connectivity index (χ4v) is 3.30. The van der Waals surface area contributed by atoms with Gasteiger partial charge in [-0.25, -0.2) is 18.5 Å². The highest BCUT2D eigenvalue weighted by molar-refractivity contribution is 7.89. The van der Waals surface area contributed by atoms with Gasteiger partial charge in [-0.2, -0.15) is 5.21 Å². The lowest BCUT2D eigenvalue weighted by molar-refractivity contribution is 0.598. The molecule has 0 fully saturated rings. The number of sulfonamides is 1. The summed E-state index contributed by atoms with van der Waals surface area (Å²) in [6.07, 6.45) is 4.80. The van der Waals surface area contributed by atoms with E-state index in [4.69, 9.17) is 5.14 Å². The molecule has 4 aromatic rings. The van der Waals surface area contributed by atoms with Gasteiger partial charge < -0.3 is 4.98 Å². The first-order valence-electron chi connectivity index (χ1n) is 6.74. The summed E-state index contributed by atoms with van der Waals surface area (Å²) in [5, 5.41) is 19.0. The Bertz CT molecular complexity index is 1130. The minimum atomic E-state index is -3.99. The van der Waals surface area contributed by atoms with Gasteiger partial charge in [-0.05, 0) is 16.8 Å². The summed E-state index contributed by atoms with van der Waals surface area (Å²) in [5.74, 6) is 0.118. The molecule has 3 heterocycles. The van der Waals surface area contributed by atoms with Gasteiger partial charge in [-0.1, -0.05) is 12.1 Å². The lowest BCUT2D eigenvalue weighted by Gasteiger charge is -2.10. The van der Waals surface area contributed by atoms with Gasteiger partial charge in [-0.15, -0.1) is 10.2 Å². The quantitative estimate of drug-likeness (QED) is 0.488.